The number of aryl methyl sites for hydroxylation is 2. The maximum Gasteiger partial charge on any atom is 0.279 e. The first-order valence-corrected chi connectivity index (χ1v) is 9.57. The molecule has 0 aliphatic carbocycles. The number of rotatable bonds is 4. The average Bonchev–Trinajstić information content (AvgIpc) is 2.66. The summed E-state index contributed by atoms with van der Waals surface area (Å²) in [5.74, 6) is 0.890. The minimum Gasteiger partial charge on any atom is -0.488 e. The van der Waals surface area contributed by atoms with Gasteiger partial charge in [-0.15, -0.1) is 0 Å². The molecule has 3 heteroatoms. The molecule has 0 fully saturated rings. The van der Waals surface area contributed by atoms with E-state index in [4.69, 9.17) is 16.3 Å². The van der Waals surface area contributed by atoms with Crippen LogP contribution in [0, 0.1) is 6.92 Å². The van der Waals surface area contributed by atoms with E-state index in [0.29, 0.717) is 6.61 Å². The van der Waals surface area contributed by atoms with E-state index >= 15 is 0 Å². The molecule has 1 aliphatic rings. The lowest BCUT2D eigenvalue weighted by Crippen LogP contribution is -2.42. The van der Waals surface area contributed by atoms with Gasteiger partial charge in [0.25, 0.3) is 5.15 Å². The third-order valence-corrected chi connectivity index (χ3v) is 5.39. The molecule has 0 bridgehead atoms. The smallest absolute Gasteiger partial charge is 0.279 e. The van der Waals surface area contributed by atoms with E-state index in [1.54, 1.807) is 0 Å². The highest BCUT2D eigenvalue weighted by atomic mass is 35.5. The quantitative estimate of drug-likeness (QED) is 0.452. The Kier molecular flexibility index (Phi) is 4.69. The monoisotopic (exact) mass is 364 g/mol. The van der Waals surface area contributed by atoms with Crippen molar-refractivity contribution >= 4 is 11.6 Å². The Hall–Kier alpha value is -2.32. The van der Waals surface area contributed by atoms with Crippen molar-refractivity contribution in [3.8, 4) is 17.0 Å². The van der Waals surface area contributed by atoms with Gasteiger partial charge < -0.3 is 4.74 Å². The molecule has 1 aromatic heterocycles. The first-order valence-electron chi connectivity index (χ1n) is 9.19. The van der Waals surface area contributed by atoms with Crippen molar-refractivity contribution in [3.05, 3.63) is 82.0 Å². The maximum absolute atomic E-state index is 6.64. The highest BCUT2D eigenvalue weighted by Crippen LogP contribution is 2.36. The Morgan fingerprint density at radius 3 is 2.65 bits per heavy atom. The largest absolute Gasteiger partial charge is 0.488 e. The third kappa shape index (κ3) is 3.10. The SMILES string of the molecule is CCc1c(OCc2ccccc2)cc(Cl)[n+]2c1-c1ccc(C)cc1CC2. The van der Waals surface area contributed by atoms with Gasteiger partial charge in [0, 0.05) is 6.42 Å². The molecular formula is C23H23ClNO+. The lowest BCUT2D eigenvalue weighted by Gasteiger charge is -2.20. The Bertz CT molecular complexity index is 950. The second kappa shape index (κ2) is 7.13. The van der Waals surface area contributed by atoms with Crippen LogP contribution in [0.4, 0.5) is 0 Å². The molecule has 26 heavy (non-hydrogen) atoms. The van der Waals surface area contributed by atoms with Gasteiger partial charge >= 0.3 is 0 Å². The van der Waals surface area contributed by atoms with Gasteiger partial charge in [-0.1, -0.05) is 55.0 Å². The van der Waals surface area contributed by atoms with Gasteiger partial charge in [-0.3, -0.25) is 0 Å². The number of nitrogens with zero attached hydrogens (tertiary/aromatic N) is 1. The Morgan fingerprint density at radius 1 is 1.08 bits per heavy atom. The van der Waals surface area contributed by atoms with E-state index in [9.17, 15) is 0 Å². The number of aromatic nitrogens is 1. The molecule has 0 saturated carbocycles. The molecule has 0 spiro atoms. The second-order valence-corrected chi connectivity index (χ2v) is 7.24. The van der Waals surface area contributed by atoms with Crippen LogP contribution in [0.2, 0.25) is 5.15 Å². The number of hydrogen-bond donors (Lipinski definition) is 0. The minimum atomic E-state index is 0.550. The van der Waals surface area contributed by atoms with Crippen molar-refractivity contribution in [2.24, 2.45) is 0 Å². The fourth-order valence-electron chi connectivity index (χ4n) is 3.78. The molecule has 0 unspecified atom stereocenters. The van der Waals surface area contributed by atoms with Gasteiger partial charge in [-0.2, -0.15) is 4.57 Å². The molecule has 2 nitrogen and oxygen atoms in total. The molecule has 2 heterocycles. The summed E-state index contributed by atoms with van der Waals surface area (Å²) in [6.07, 6.45) is 1.92. The summed E-state index contributed by atoms with van der Waals surface area (Å²) in [6.45, 7) is 5.79. The predicted molar refractivity (Wildman–Crippen MR) is 106 cm³/mol. The van der Waals surface area contributed by atoms with Gasteiger partial charge in [-0.05, 0) is 42.1 Å². The molecule has 132 valence electrons. The van der Waals surface area contributed by atoms with Gasteiger partial charge in [0.1, 0.15) is 12.4 Å². The highest BCUT2D eigenvalue weighted by molar-refractivity contribution is 6.28. The first kappa shape index (κ1) is 17.1. The summed E-state index contributed by atoms with van der Waals surface area (Å²) < 4.78 is 8.43. The van der Waals surface area contributed by atoms with E-state index in [-0.39, 0.29) is 0 Å². The third-order valence-electron chi connectivity index (χ3n) is 5.07. The van der Waals surface area contributed by atoms with Crippen LogP contribution < -0.4 is 9.30 Å². The van der Waals surface area contributed by atoms with Crippen molar-refractivity contribution in [1.29, 1.82) is 0 Å². The molecule has 3 aromatic rings. The number of ether oxygens (including phenoxy) is 1. The zero-order valence-electron chi connectivity index (χ0n) is 15.3. The maximum atomic E-state index is 6.64. The van der Waals surface area contributed by atoms with E-state index in [2.05, 4.69) is 48.7 Å². The van der Waals surface area contributed by atoms with Crippen LogP contribution in [0.1, 0.15) is 29.2 Å². The molecule has 0 saturated heterocycles. The van der Waals surface area contributed by atoms with E-state index in [1.165, 1.54) is 27.9 Å². The number of halogens is 1. The number of hydrogen-bond acceptors (Lipinski definition) is 1. The predicted octanol–water partition coefficient (Wildman–Crippen LogP) is 5.30. The normalized spacial score (nSPS) is 12.4. The summed E-state index contributed by atoms with van der Waals surface area (Å²) in [4.78, 5) is 0. The minimum absolute atomic E-state index is 0.550. The summed E-state index contributed by atoms with van der Waals surface area (Å²) >= 11 is 6.64. The highest BCUT2D eigenvalue weighted by Gasteiger charge is 2.31. The van der Waals surface area contributed by atoms with Crippen molar-refractivity contribution in [1.82, 2.24) is 0 Å². The fraction of sp³-hybridized carbons (Fsp3) is 0.261. The number of fused-ring (bicyclic) bond motifs is 3. The zero-order chi connectivity index (χ0) is 18.1. The van der Waals surface area contributed by atoms with Crippen molar-refractivity contribution in [2.45, 2.75) is 39.8 Å². The molecule has 2 aromatic carbocycles. The van der Waals surface area contributed by atoms with E-state index in [0.717, 1.165) is 35.9 Å². The molecule has 4 rings (SSSR count). The molecule has 1 aliphatic heterocycles. The van der Waals surface area contributed by atoms with E-state index < -0.39 is 0 Å². The lowest BCUT2D eigenvalue weighted by atomic mass is 9.92. The van der Waals surface area contributed by atoms with Crippen LogP contribution in [0.3, 0.4) is 0 Å². The summed E-state index contributed by atoms with van der Waals surface area (Å²) in [5.41, 5.74) is 7.59. The molecule has 0 amide bonds. The zero-order valence-corrected chi connectivity index (χ0v) is 16.0. The van der Waals surface area contributed by atoms with Crippen LogP contribution in [-0.4, -0.2) is 0 Å². The number of pyridine rings is 1. The van der Waals surface area contributed by atoms with Crippen LogP contribution >= 0.6 is 11.6 Å². The second-order valence-electron chi connectivity index (χ2n) is 6.85. The van der Waals surface area contributed by atoms with Gasteiger partial charge in [-0.25, -0.2) is 0 Å². The van der Waals surface area contributed by atoms with Crippen molar-refractivity contribution < 1.29 is 9.30 Å². The van der Waals surface area contributed by atoms with Gasteiger partial charge in [0.2, 0.25) is 5.69 Å². The Labute approximate surface area is 160 Å². The molecule has 0 atom stereocenters. The summed E-state index contributed by atoms with van der Waals surface area (Å²) in [6, 6.07) is 18.9. The standard InChI is InChI=1S/C23H23ClNO/c1-3-19-21(26-15-17-7-5-4-6-8-17)14-22(24)25-12-11-18-13-16(2)9-10-20(18)23(19)25/h4-10,13-14H,3,11-12,15H2,1-2H3/q+1. The Balaban J connectivity index is 1.79. The van der Waals surface area contributed by atoms with Crippen molar-refractivity contribution in [2.75, 3.05) is 0 Å². The lowest BCUT2D eigenvalue weighted by molar-refractivity contribution is -0.685. The van der Waals surface area contributed by atoms with Crippen LogP contribution in [0.25, 0.3) is 11.3 Å². The first-order chi connectivity index (χ1) is 12.7. The topological polar surface area (TPSA) is 13.1 Å². The molecular weight excluding hydrogens is 342 g/mol. The number of benzene rings is 2. The van der Waals surface area contributed by atoms with Crippen LogP contribution in [0.5, 0.6) is 5.75 Å². The Morgan fingerprint density at radius 2 is 1.88 bits per heavy atom. The summed E-state index contributed by atoms with van der Waals surface area (Å²) in [5, 5.41) is 0.742. The average molecular weight is 365 g/mol. The van der Waals surface area contributed by atoms with Crippen molar-refractivity contribution in [3.63, 3.8) is 0 Å². The van der Waals surface area contributed by atoms with Crippen LogP contribution in [-0.2, 0) is 26.0 Å². The molecule has 0 N–H and O–H groups in total. The van der Waals surface area contributed by atoms with Crippen LogP contribution in [0.15, 0.2) is 54.6 Å². The van der Waals surface area contributed by atoms with Gasteiger partial charge in [0.05, 0.1) is 17.2 Å². The van der Waals surface area contributed by atoms with Gasteiger partial charge in [0.15, 0.2) is 6.54 Å². The molecule has 0 radical (unpaired) electrons. The fourth-order valence-corrected chi connectivity index (χ4v) is 4.05. The van der Waals surface area contributed by atoms with E-state index in [1.807, 2.05) is 24.3 Å². The summed E-state index contributed by atoms with van der Waals surface area (Å²) in [7, 11) is 0.